The standard InChI is InChI=1S/C17H22N8O/c1-12-13(10-19-17-21-15(11-26-3)22-25(12)17)14-4-5-18-16(20-14)24-8-6-23(2)7-9-24/h4-5,10H,6-9,11H2,1-3H3. The van der Waals surface area contributed by atoms with Gasteiger partial charge >= 0.3 is 0 Å². The molecule has 4 rings (SSSR count). The highest BCUT2D eigenvalue weighted by Gasteiger charge is 2.18. The number of anilines is 1. The fourth-order valence-corrected chi connectivity index (χ4v) is 3.08. The van der Waals surface area contributed by atoms with Gasteiger partial charge in [0.2, 0.25) is 5.95 Å². The summed E-state index contributed by atoms with van der Waals surface area (Å²) in [5, 5.41) is 4.47. The Balaban J connectivity index is 1.69. The number of hydrogen-bond acceptors (Lipinski definition) is 8. The SMILES string of the molecule is COCc1nc2ncc(-c3ccnc(N4CCN(C)CC4)n3)c(C)n2n1. The first-order chi connectivity index (χ1) is 12.7. The third-order valence-corrected chi connectivity index (χ3v) is 4.63. The van der Waals surface area contributed by atoms with Gasteiger partial charge in [-0.15, -0.1) is 5.10 Å². The van der Waals surface area contributed by atoms with Crippen LogP contribution in [0, 0.1) is 6.92 Å². The van der Waals surface area contributed by atoms with Gasteiger partial charge in [-0.3, -0.25) is 0 Å². The molecular formula is C17H22N8O. The van der Waals surface area contributed by atoms with E-state index in [0.29, 0.717) is 18.2 Å². The van der Waals surface area contributed by atoms with Crippen LogP contribution in [0.4, 0.5) is 5.95 Å². The normalized spacial score (nSPS) is 15.7. The summed E-state index contributed by atoms with van der Waals surface area (Å²) in [7, 11) is 3.76. The molecule has 0 N–H and O–H groups in total. The lowest BCUT2D eigenvalue weighted by atomic mass is 10.2. The van der Waals surface area contributed by atoms with Crippen molar-refractivity contribution in [2.75, 3.05) is 45.2 Å². The van der Waals surface area contributed by atoms with Gasteiger partial charge in [0.1, 0.15) is 6.61 Å². The number of rotatable bonds is 4. The van der Waals surface area contributed by atoms with Crippen molar-refractivity contribution in [2.24, 2.45) is 0 Å². The van der Waals surface area contributed by atoms with Gasteiger partial charge in [-0.2, -0.15) is 4.98 Å². The van der Waals surface area contributed by atoms with Crippen molar-refractivity contribution in [1.29, 1.82) is 0 Å². The lowest BCUT2D eigenvalue weighted by molar-refractivity contribution is 0.178. The molecule has 0 unspecified atom stereocenters. The van der Waals surface area contributed by atoms with Gasteiger partial charge in [-0.25, -0.2) is 19.5 Å². The molecule has 136 valence electrons. The number of hydrogen-bond donors (Lipinski definition) is 0. The van der Waals surface area contributed by atoms with Crippen molar-refractivity contribution in [1.82, 2.24) is 34.4 Å². The zero-order valence-electron chi connectivity index (χ0n) is 15.3. The topological polar surface area (TPSA) is 84.6 Å². The van der Waals surface area contributed by atoms with Gasteiger partial charge in [-0.1, -0.05) is 0 Å². The van der Waals surface area contributed by atoms with E-state index in [0.717, 1.165) is 49.1 Å². The number of likely N-dealkylation sites (N-methyl/N-ethyl adjacent to an activating group) is 1. The molecule has 1 saturated heterocycles. The van der Waals surface area contributed by atoms with Crippen LogP contribution in [0.3, 0.4) is 0 Å². The molecular weight excluding hydrogens is 332 g/mol. The predicted octanol–water partition coefficient (Wildman–Crippen LogP) is 0.788. The van der Waals surface area contributed by atoms with Gasteiger partial charge in [0.25, 0.3) is 5.78 Å². The van der Waals surface area contributed by atoms with Gasteiger partial charge in [-0.05, 0) is 20.0 Å². The largest absolute Gasteiger partial charge is 0.377 e. The first-order valence-electron chi connectivity index (χ1n) is 8.63. The number of fused-ring (bicyclic) bond motifs is 1. The van der Waals surface area contributed by atoms with E-state index < -0.39 is 0 Å². The lowest BCUT2D eigenvalue weighted by Gasteiger charge is -2.32. The Bertz CT molecular complexity index is 916. The fraction of sp³-hybridized carbons (Fsp3) is 0.471. The van der Waals surface area contributed by atoms with Crippen LogP contribution in [0.2, 0.25) is 0 Å². The van der Waals surface area contributed by atoms with E-state index in [1.54, 1.807) is 24.0 Å². The van der Waals surface area contributed by atoms with Crippen LogP contribution in [-0.2, 0) is 11.3 Å². The summed E-state index contributed by atoms with van der Waals surface area (Å²) >= 11 is 0. The molecule has 1 aliphatic rings. The number of aryl methyl sites for hydroxylation is 1. The number of methoxy groups -OCH3 is 1. The maximum absolute atomic E-state index is 5.11. The maximum atomic E-state index is 5.11. The second kappa shape index (κ2) is 6.93. The van der Waals surface area contributed by atoms with Crippen LogP contribution in [0.5, 0.6) is 0 Å². The molecule has 1 fully saturated rings. The highest BCUT2D eigenvalue weighted by Crippen LogP contribution is 2.23. The molecule has 9 heteroatoms. The van der Waals surface area contributed by atoms with Gasteiger partial charge < -0.3 is 14.5 Å². The molecule has 1 aliphatic heterocycles. The third-order valence-electron chi connectivity index (χ3n) is 4.63. The van der Waals surface area contributed by atoms with E-state index >= 15 is 0 Å². The monoisotopic (exact) mass is 354 g/mol. The molecule has 0 bridgehead atoms. The Morgan fingerprint density at radius 1 is 1.12 bits per heavy atom. The summed E-state index contributed by atoms with van der Waals surface area (Å²) in [6, 6.07) is 1.91. The Hall–Kier alpha value is -2.65. The molecule has 3 aromatic heterocycles. The predicted molar refractivity (Wildman–Crippen MR) is 97.0 cm³/mol. The van der Waals surface area contributed by atoms with E-state index in [4.69, 9.17) is 9.72 Å². The van der Waals surface area contributed by atoms with Crippen molar-refractivity contribution in [3.8, 4) is 11.3 Å². The van der Waals surface area contributed by atoms with Crippen LogP contribution < -0.4 is 4.90 Å². The smallest absolute Gasteiger partial charge is 0.252 e. The van der Waals surface area contributed by atoms with Crippen LogP contribution in [-0.4, -0.2) is 74.8 Å². The third kappa shape index (κ3) is 3.11. The molecule has 0 radical (unpaired) electrons. The van der Waals surface area contributed by atoms with Crippen LogP contribution in [0.1, 0.15) is 11.5 Å². The number of ether oxygens (including phenoxy) is 1. The Morgan fingerprint density at radius 3 is 2.69 bits per heavy atom. The Morgan fingerprint density at radius 2 is 1.92 bits per heavy atom. The number of aromatic nitrogens is 6. The summed E-state index contributed by atoms with van der Waals surface area (Å²) in [6.45, 7) is 6.24. The molecule has 4 heterocycles. The van der Waals surface area contributed by atoms with Crippen molar-refractivity contribution in [2.45, 2.75) is 13.5 Å². The Kier molecular flexibility index (Phi) is 4.48. The highest BCUT2D eigenvalue weighted by molar-refractivity contribution is 5.63. The molecule has 0 amide bonds. The summed E-state index contributed by atoms with van der Waals surface area (Å²) < 4.78 is 6.84. The average molecular weight is 354 g/mol. The van der Waals surface area contributed by atoms with E-state index in [1.807, 2.05) is 13.0 Å². The van der Waals surface area contributed by atoms with Gasteiger partial charge in [0, 0.05) is 51.2 Å². The van der Waals surface area contributed by atoms with Gasteiger partial charge in [0.15, 0.2) is 5.82 Å². The van der Waals surface area contributed by atoms with Crippen LogP contribution in [0.25, 0.3) is 17.0 Å². The molecule has 26 heavy (non-hydrogen) atoms. The van der Waals surface area contributed by atoms with Crippen molar-refractivity contribution in [3.63, 3.8) is 0 Å². The Labute approximate surface area is 151 Å². The minimum absolute atomic E-state index is 0.360. The van der Waals surface area contributed by atoms with E-state index in [1.165, 1.54) is 0 Å². The van der Waals surface area contributed by atoms with Crippen molar-refractivity contribution in [3.05, 3.63) is 30.0 Å². The molecule has 0 aliphatic carbocycles. The zero-order valence-corrected chi connectivity index (χ0v) is 15.3. The van der Waals surface area contributed by atoms with Crippen LogP contribution >= 0.6 is 0 Å². The van der Waals surface area contributed by atoms with Gasteiger partial charge in [0.05, 0.1) is 11.4 Å². The fourth-order valence-electron chi connectivity index (χ4n) is 3.08. The van der Waals surface area contributed by atoms with E-state index in [-0.39, 0.29) is 0 Å². The molecule has 0 saturated carbocycles. The first kappa shape index (κ1) is 16.8. The summed E-state index contributed by atoms with van der Waals surface area (Å²) in [6.07, 6.45) is 3.60. The minimum Gasteiger partial charge on any atom is -0.377 e. The molecule has 3 aromatic rings. The minimum atomic E-state index is 0.360. The summed E-state index contributed by atoms with van der Waals surface area (Å²) in [5.74, 6) is 1.93. The highest BCUT2D eigenvalue weighted by atomic mass is 16.5. The van der Waals surface area contributed by atoms with Crippen LogP contribution in [0.15, 0.2) is 18.5 Å². The molecule has 0 atom stereocenters. The summed E-state index contributed by atoms with van der Waals surface area (Å²) in [5.41, 5.74) is 2.70. The summed E-state index contributed by atoms with van der Waals surface area (Å²) in [4.78, 5) is 22.6. The molecule has 9 nitrogen and oxygen atoms in total. The molecule has 0 aromatic carbocycles. The number of piperazine rings is 1. The van der Waals surface area contributed by atoms with E-state index in [9.17, 15) is 0 Å². The second-order valence-electron chi connectivity index (χ2n) is 6.46. The second-order valence-corrected chi connectivity index (χ2v) is 6.46. The first-order valence-corrected chi connectivity index (χ1v) is 8.63. The maximum Gasteiger partial charge on any atom is 0.252 e. The van der Waals surface area contributed by atoms with E-state index in [2.05, 4.69) is 36.9 Å². The average Bonchev–Trinajstić information content (AvgIpc) is 3.07. The quantitative estimate of drug-likeness (QED) is 0.680. The zero-order chi connectivity index (χ0) is 18.1. The molecule has 0 spiro atoms. The number of nitrogens with zero attached hydrogens (tertiary/aromatic N) is 8. The lowest BCUT2D eigenvalue weighted by Crippen LogP contribution is -2.45. The van der Waals surface area contributed by atoms with Crippen molar-refractivity contribution < 1.29 is 4.74 Å². The van der Waals surface area contributed by atoms with Crippen molar-refractivity contribution >= 4 is 11.7 Å².